The summed E-state index contributed by atoms with van der Waals surface area (Å²) in [5.41, 5.74) is 0. The minimum atomic E-state index is -2.70. The molecule has 0 nitrogen and oxygen atoms in total. The maximum atomic E-state index is 6.25. The van der Waals surface area contributed by atoms with E-state index in [0.717, 1.165) is 37.0 Å². The summed E-state index contributed by atoms with van der Waals surface area (Å²) in [5.74, 6) is 0. The Bertz CT molecular complexity index is 220. The average molecular weight is 314 g/mol. The molecule has 0 N–H and O–H groups in total. The summed E-state index contributed by atoms with van der Waals surface area (Å²) in [5, 5.41) is 1.15. The van der Waals surface area contributed by atoms with Gasteiger partial charge in [-0.15, -0.1) is 33.2 Å². The van der Waals surface area contributed by atoms with Crippen molar-refractivity contribution < 1.29 is 0 Å². The zero-order valence-corrected chi connectivity index (χ0v) is 14.5. The lowest BCUT2D eigenvalue weighted by atomic mass is 9.43. The van der Waals surface area contributed by atoms with Crippen LogP contribution in [0.1, 0.15) is 52.9 Å². The molecule has 0 bridgehead atoms. The molecule has 17 heavy (non-hydrogen) atoms. The van der Waals surface area contributed by atoms with Crippen LogP contribution < -0.4 is 0 Å². The van der Waals surface area contributed by atoms with Crippen LogP contribution in [0.2, 0.25) is 12.6 Å². The van der Waals surface area contributed by atoms with Crippen molar-refractivity contribution in [1.29, 1.82) is 0 Å². The van der Waals surface area contributed by atoms with Crippen LogP contribution in [0, 0.1) is 0 Å². The molecular formula is C12H24BCl3Si. The monoisotopic (exact) mass is 312 g/mol. The Balaban J connectivity index is 4.78. The molecule has 0 radical (unpaired) electrons. The Kier molecular flexibility index (Phi) is 10.3. The Morgan fingerprint density at radius 3 is 1.88 bits per heavy atom. The second kappa shape index (κ2) is 9.77. The summed E-state index contributed by atoms with van der Waals surface area (Å²) in [6.07, 6.45) is 10.3. The van der Waals surface area contributed by atoms with Gasteiger partial charge in [-0.05, 0) is 6.42 Å². The van der Waals surface area contributed by atoms with Crippen LogP contribution in [-0.2, 0) is 0 Å². The highest BCUT2D eigenvalue weighted by Gasteiger charge is 2.36. The first kappa shape index (κ1) is 17.9. The molecule has 100 valence electrons. The molecule has 0 rings (SSSR count). The second-order valence-corrected chi connectivity index (χ2v) is 13.0. The van der Waals surface area contributed by atoms with Gasteiger partial charge in [0.05, 0.1) is 0 Å². The summed E-state index contributed by atoms with van der Waals surface area (Å²) in [6, 6.07) is -2.70. The molecule has 0 aliphatic rings. The first-order chi connectivity index (χ1) is 7.97. The third-order valence-corrected chi connectivity index (χ3v) is 6.19. The Labute approximate surface area is 122 Å². The number of allylic oxidation sites excluding steroid dienone is 1. The third kappa shape index (κ3) is 7.82. The number of halogens is 3. The number of hydrogen-bond acceptors (Lipinski definition) is 0. The van der Waals surface area contributed by atoms with Crippen molar-refractivity contribution in [3.8, 4) is 0 Å². The van der Waals surface area contributed by atoms with Gasteiger partial charge in [-0.25, -0.2) is 0 Å². The van der Waals surface area contributed by atoms with E-state index in [0.29, 0.717) is 6.71 Å². The van der Waals surface area contributed by atoms with Crippen LogP contribution in [0.15, 0.2) is 11.2 Å². The third-order valence-electron chi connectivity index (χ3n) is 2.96. The van der Waals surface area contributed by atoms with Crippen LogP contribution in [0.5, 0.6) is 0 Å². The van der Waals surface area contributed by atoms with Gasteiger partial charge in [0.2, 0.25) is 0 Å². The van der Waals surface area contributed by atoms with E-state index >= 15 is 0 Å². The molecular weight excluding hydrogens is 289 g/mol. The number of unbranched alkanes of at least 4 members (excludes halogenated alkanes) is 2. The van der Waals surface area contributed by atoms with E-state index in [4.69, 9.17) is 33.2 Å². The lowest BCUT2D eigenvalue weighted by Crippen LogP contribution is -2.29. The van der Waals surface area contributed by atoms with Crippen molar-refractivity contribution in [3.05, 3.63) is 11.2 Å². The van der Waals surface area contributed by atoms with Crippen molar-refractivity contribution >= 4 is 46.0 Å². The van der Waals surface area contributed by atoms with E-state index in [2.05, 4.69) is 26.8 Å². The van der Waals surface area contributed by atoms with Crippen LogP contribution in [0.25, 0.3) is 0 Å². The number of hydrogen-bond donors (Lipinski definition) is 0. The molecule has 0 saturated carbocycles. The Hall–Kier alpha value is 0.892. The Morgan fingerprint density at radius 2 is 1.53 bits per heavy atom. The lowest BCUT2D eigenvalue weighted by Gasteiger charge is -2.21. The molecule has 0 saturated heterocycles. The molecule has 0 spiro atoms. The maximum Gasteiger partial charge on any atom is 0.360 e. The van der Waals surface area contributed by atoms with Crippen molar-refractivity contribution in [1.82, 2.24) is 0 Å². The molecule has 0 heterocycles. The molecule has 5 heteroatoms. The summed E-state index contributed by atoms with van der Waals surface area (Å²) in [6.45, 7) is 7.08. The largest absolute Gasteiger partial charge is 0.360 e. The topological polar surface area (TPSA) is 0 Å². The van der Waals surface area contributed by atoms with E-state index < -0.39 is 6.00 Å². The minimum Gasteiger partial charge on any atom is -0.122 e. The highest BCUT2D eigenvalue weighted by Crippen LogP contribution is 2.34. The zero-order chi connectivity index (χ0) is 13.3. The molecule has 0 aromatic carbocycles. The molecule has 0 aliphatic heterocycles. The van der Waals surface area contributed by atoms with Gasteiger partial charge in [0.1, 0.15) is 0 Å². The van der Waals surface area contributed by atoms with Crippen LogP contribution in [0.3, 0.4) is 0 Å². The van der Waals surface area contributed by atoms with Crippen molar-refractivity contribution in [2.45, 2.75) is 65.5 Å². The molecule has 0 unspecified atom stereocenters. The molecule has 0 aromatic heterocycles. The molecule has 0 amide bonds. The second-order valence-electron chi connectivity index (χ2n) is 4.57. The van der Waals surface area contributed by atoms with Crippen molar-refractivity contribution in [2.75, 3.05) is 0 Å². The highest BCUT2D eigenvalue weighted by atomic mass is 35.8. The quantitative estimate of drug-likeness (QED) is 0.272. The fraction of sp³-hybridized carbons (Fsp3) is 0.833. The average Bonchev–Trinajstić information content (AvgIpc) is 2.23. The SMILES string of the molecule is CCCC/C=C(/B(CCC)CCC)[Si](Cl)(Cl)Cl. The molecule has 0 aromatic rings. The van der Waals surface area contributed by atoms with E-state index in [9.17, 15) is 0 Å². The Morgan fingerprint density at radius 1 is 1.00 bits per heavy atom. The summed E-state index contributed by atoms with van der Waals surface area (Å²) < 4.78 is 0. The van der Waals surface area contributed by atoms with Gasteiger partial charge in [-0.2, -0.15) is 0 Å². The van der Waals surface area contributed by atoms with Gasteiger partial charge in [-0.1, -0.05) is 70.3 Å². The summed E-state index contributed by atoms with van der Waals surface area (Å²) in [4.78, 5) is 0. The first-order valence-electron chi connectivity index (χ1n) is 6.74. The van der Waals surface area contributed by atoms with E-state index in [1.165, 1.54) is 12.8 Å². The fourth-order valence-corrected chi connectivity index (χ4v) is 5.34. The molecule has 0 atom stereocenters. The fourth-order valence-electron chi connectivity index (χ4n) is 2.13. The molecule has 0 fully saturated rings. The number of rotatable bonds is 9. The van der Waals surface area contributed by atoms with Gasteiger partial charge >= 0.3 is 6.00 Å². The van der Waals surface area contributed by atoms with Gasteiger partial charge in [-0.3, -0.25) is 0 Å². The van der Waals surface area contributed by atoms with Gasteiger partial charge in [0.15, 0.2) is 6.71 Å². The van der Waals surface area contributed by atoms with E-state index in [-0.39, 0.29) is 0 Å². The van der Waals surface area contributed by atoms with Gasteiger partial charge in [0.25, 0.3) is 0 Å². The van der Waals surface area contributed by atoms with Gasteiger partial charge < -0.3 is 0 Å². The maximum absolute atomic E-state index is 6.25. The summed E-state index contributed by atoms with van der Waals surface area (Å²) >= 11 is 18.7. The van der Waals surface area contributed by atoms with E-state index in [1.54, 1.807) is 0 Å². The first-order valence-corrected chi connectivity index (χ1v) is 11.8. The minimum absolute atomic E-state index is 0.487. The van der Waals surface area contributed by atoms with Crippen molar-refractivity contribution in [2.24, 2.45) is 0 Å². The summed E-state index contributed by atoms with van der Waals surface area (Å²) in [7, 11) is 0. The molecule has 0 aliphatic carbocycles. The predicted octanol–water partition coefficient (Wildman–Crippen LogP) is 6.15. The standard InChI is InChI=1S/C12H24BCl3Si/c1-4-7-8-9-12(17(14,15)16)13(10-5-2)11-6-3/h9H,4-8,10-11H2,1-3H3/b12-9-. The normalized spacial score (nSPS) is 12.9. The highest BCUT2D eigenvalue weighted by molar-refractivity contribution is 7.69. The lowest BCUT2D eigenvalue weighted by molar-refractivity contribution is 0.814. The smallest absolute Gasteiger partial charge is 0.122 e. The predicted molar refractivity (Wildman–Crippen MR) is 86.9 cm³/mol. The van der Waals surface area contributed by atoms with Gasteiger partial charge in [0, 0.05) is 0 Å². The van der Waals surface area contributed by atoms with Crippen LogP contribution in [-0.4, -0.2) is 12.7 Å². The van der Waals surface area contributed by atoms with E-state index in [1.807, 2.05) is 0 Å². The van der Waals surface area contributed by atoms with Crippen LogP contribution in [0.4, 0.5) is 0 Å². The zero-order valence-electron chi connectivity index (χ0n) is 11.2. The van der Waals surface area contributed by atoms with Crippen LogP contribution >= 0.6 is 33.2 Å². The van der Waals surface area contributed by atoms with Crippen molar-refractivity contribution in [3.63, 3.8) is 0 Å².